The first-order valence-corrected chi connectivity index (χ1v) is 2.62. The van der Waals surface area contributed by atoms with Crippen LogP contribution in [0.15, 0.2) is 30.6 Å². The molecule has 0 aliphatic rings. The maximum atomic E-state index is 2.55. The average Bonchev–Trinajstić information content (AvgIpc) is 1.69. The van der Waals surface area contributed by atoms with Crippen LogP contribution < -0.4 is 4.34 Å². The van der Waals surface area contributed by atoms with Crippen molar-refractivity contribution in [2.45, 2.75) is 0 Å². The molecule has 1 atom stereocenters. The van der Waals surface area contributed by atoms with Crippen molar-refractivity contribution in [1.82, 2.24) is 0 Å². The van der Waals surface area contributed by atoms with Gasteiger partial charge in [0.25, 0.3) is 0 Å². The molecule has 1 aromatic heterocycles. The van der Waals surface area contributed by atoms with E-state index in [1.807, 2.05) is 34.9 Å². The van der Waals surface area contributed by atoms with Crippen LogP contribution in [0.4, 0.5) is 0 Å². The molecule has 1 unspecified atom stereocenters. The number of pyridine rings is 1. The van der Waals surface area contributed by atoms with E-state index in [0.717, 1.165) is 0 Å². The van der Waals surface area contributed by atoms with Gasteiger partial charge in [-0.25, -0.2) is 0 Å². The van der Waals surface area contributed by atoms with Crippen LogP contribution in [0.5, 0.6) is 0 Å². The third-order valence-electron chi connectivity index (χ3n) is 0.739. The third kappa shape index (κ3) is 2.50. The Morgan fingerprint density at radius 3 is 1.75 bits per heavy atom. The largest absolute Gasteiger partial charge is 0.195 e. The van der Waals surface area contributed by atoms with E-state index in [4.69, 9.17) is 0 Å². The van der Waals surface area contributed by atoms with Gasteiger partial charge in [0.15, 0.2) is 21.8 Å². The Balaban J connectivity index is 0.000000490. The van der Waals surface area contributed by atoms with Crippen LogP contribution in [-0.2, 0) is 19.5 Å². The summed E-state index contributed by atoms with van der Waals surface area (Å²) >= 11 is 0. The molecule has 0 spiro atoms. The number of rotatable bonds is 0. The smallest absolute Gasteiger partial charge is 0.169 e. The van der Waals surface area contributed by atoms with E-state index in [-0.39, 0.29) is 19.5 Å². The molecule has 0 aliphatic heterocycles. The van der Waals surface area contributed by atoms with E-state index in [1.165, 1.54) is 0 Å². The predicted octanol–water partition coefficient (Wildman–Crippen LogP) is 0.610. The molecular weight excluding hydrogens is 208 g/mol. The SMILES string of the molecule is P[n+]1ccccc1.[Rh]. The summed E-state index contributed by atoms with van der Waals surface area (Å²) < 4.78 is 1.92. The van der Waals surface area contributed by atoms with E-state index in [9.17, 15) is 0 Å². The molecule has 1 heterocycles. The summed E-state index contributed by atoms with van der Waals surface area (Å²) in [5.41, 5.74) is 0. The third-order valence-corrected chi connectivity index (χ3v) is 1.08. The molecule has 8 heavy (non-hydrogen) atoms. The van der Waals surface area contributed by atoms with Gasteiger partial charge in [0.1, 0.15) is 0 Å². The molecule has 45 valence electrons. The van der Waals surface area contributed by atoms with Crippen molar-refractivity contribution in [1.29, 1.82) is 0 Å². The average molecular weight is 215 g/mol. The van der Waals surface area contributed by atoms with E-state index in [0.29, 0.717) is 0 Å². The fourth-order valence-electron chi connectivity index (χ4n) is 0.412. The number of hydrogen-bond acceptors (Lipinski definition) is 0. The van der Waals surface area contributed by atoms with E-state index in [2.05, 4.69) is 9.39 Å². The summed E-state index contributed by atoms with van der Waals surface area (Å²) in [7, 11) is 2.55. The molecule has 0 aliphatic carbocycles. The zero-order chi connectivity index (χ0) is 5.11. The fraction of sp³-hybridized carbons (Fsp3) is 0. The normalized spacial score (nSPS) is 7.62. The minimum Gasteiger partial charge on any atom is -0.195 e. The standard InChI is InChI=1S/C5H7NP.Rh/c7-6-4-2-1-3-5-6;/h1-5H,7H2;/q+1;. The zero-order valence-corrected chi connectivity index (χ0v) is 7.04. The second kappa shape index (κ2) is 4.12. The Labute approximate surface area is 64.1 Å². The molecule has 1 radical (unpaired) electrons. The van der Waals surface area contributed by atoms with Gasteiger partial charge in [-0.1, -0.05) is 6.07 Å². The van der Waals surface area contributed by atoms with Crippen LogP contribution in [0.1, 0.15) is 0 Å². The van der Waals surface area contributed by atoms with Crippen molar-refractivity contribution < 1.29 is 23.8 Å². The molecule has 0 N–H and O–H groups in total. The summed E-state index contributed by atoms with van der Waals surface area (Å²) in [6.45, 7) is 0. The van der Waals surface area contributed by atoms with E-state index >= 15 is 0 Å². The summed E-state index contributed by atoms with van der Waals surface area (Å²) in [6, 6.07) is 5.94. The van der Waals surface area contributed by atoms with E-state index in [1.54, 1.807) is 0 Å². The minimum atomic E-state index is 0. The predicted molar refractivity (Wildman–Crippen MR) is 31.7 cm³/mol. The minimum absolute atomic E-state index is 0. The van der Waals surface area contributed by atoms with Gasteiger partial charge in [0, 0.05) is 31.6 Å². The van der Waals surface area contributed by atoms with E-state index < -0.39 is 0 Å². The molecule has 0 amide bonds. The molecule has 0 fully saturated rings. The molecule has 0 saturated heterocycles. The first-order valence-electron chi connectivity index (χ1n) is 2.11. The molecule has 0 saturated carbocycles. The molecular formula is C5H7NPRh+. The molecule has 1 nitrogen and oxygen atoms in total. The molecule has 3 heteroatoms. The Hall–Kier alpha value is 0.203. The van der Waals surface area contributed by atoms with Gasteiger partial charge in [-0.15, -0.1) is 0 Å². The van der Waals surface area contributed by atoms with Gasteiger partial charge in [-0.3, -0.25) is 0 Å². The van der Waals surface area contributed by atoms with Crippen LogP contribution in [-0.4, -0.2) is 0 Å². The quantitative estimate of drug-likeness (QED) is 0.441. The summed E-state index contributed by atoms with van der Waals surface area (Å²) in [4.78, 5) is 0. The van der Waals surface area contributed by atoms with Crippen LogP contribution in [0.25, 0.3) is 0 Å². The summed E-state index contributed by atoms with van der Waals surface area (Å²) in [5, 5.41) is 0. The van der Waals surface area contributed by atoms with Gasteiger partial charge in [-0.05, 0) is 0 Å². The Kier molecular flexibility index (Phi) is 4.22. The van der Waals surface area contributed by atoms with Crippen LogP contribution in [0.2, 0.25) is 0 Å². The Morgan fingerprint density at radius 1 is 1.00 bits per heavy atom. The number of nitrogens with zero attached hydrogens (tertiary/aromatic N) is 1. The van der Waals surface area contributed by atoms with Gasteiger partial charge in [-0.2, -0.15) is 4.34 Å². The van der Waals surface area contributed by atoms with Gasteiger partial charge in [0.2, 0.25) is 0 Å². The van der Waals surface area contributed by atoms with Gasteiger partial charge >= 0.3 is 0 Å². The maximum Gasteiger partial charge on any atom is 0.169 e. The first-order chi connectivity index (χ1) is 3.39. The molecule has 1 aromatic rings. The molecule has 0 bridgehead atoms. The van der Waals surface area contributed by atoms with Crippen molar-refractivity contribution >= 4 is 9.39 Å². The van der Waals surface area contributed by atoms with Crippen molar-refractivity contribution in [3.8, 4) is 0 Å². The Bertz CT molecular complexity index is 142. The first kappa shape index (κ1) is 8.20. The van der Waals surface area contributed by atoms with Crippen molar-refractivity contribution in [3.63, 3.8) is 0 Å². The summed E-state index contributed by atoms with van der Waals surface area (Å²) in [5.74, 6) is 0. The Morgan fingerprint density at radius 2 is 1.50 bits per heavy atom. The second-order valence-electron chi connectivity index (χ2n) is 1.32. The summed E-state index contributed by atoms with van der Waals surface area (Å²) in [6.07, 6.45) is 3.93. The van der Waals surface area contributed by atoms with Crippen molar-refractivity contribution in [2.24, 2.45) is 0 Å². The zero-order valence-electron chi connectivity index (χ0n) is 4.24. The van der Waals surface area contributed by atoms with Gasteiger partial charge in [0.05, 0.1) is 0 Å². The molecule has 1 rings (SSSR count). The molecule has 0 aromatic carbocycles. The van der Waals surface area contributed by atoms with Crippen LogP contribution >= 0.6 is 9.39 Å². The van der Waals surface area contributed by atoms with Crippen LogP contribution in [0, 0.1) is 0 Å². The topological polar surface area (TPSA) is 3.88 Å². The van der Waals surface area contributed by atoms with Gasteiger partial charge < -0.3 is 0 Å². The number of aromatic nitrogens is 1. The maximum absolute atomic E-state index is 2.55. The number of hydrogen-bond donors (Lipinski definition) is 0. The van der Waals surface area contributed by atoms with Crippen molar-refractivity contribution in [2.75, 3.05) is 0 Å². The van der Waals surface area contributed by atoms with Crippen LogP contribution in [0.3, 0.4) is 0 Å². The monoisotopic (exact) mass is 215 g/mol. The van der Waals surface area contributed by atoms with Crippen molar-refractivity contribution in [3.05, 3.63) is 30.6 Å². The fourth-order valence-corrected chi connectivity index (χ4v) is 0.611. The second-order valence-corrected chi connectivity index (χ2v) is 1.92.